The number of aliphatic hydroxyl groups is 1. The quantitative estimate of drug-likeness (QED) is 0.600. The van der Waals surface area contributed by atoms with Crippen molar-refractivity contribution in [3.63, 3.8) is 0 Å². The number of halogens is 1. The summed E-state index contributed by atoms with van der Waals surface area (Å²) in [5.74, 6) is -0.557. The number of benzene rings is 2. The number of piperidine rings is 1. The maximum Gasteiger partial charge on any atom is 0.258 e. The normalized spacial score (nSPS) is 18.9. The summed E-state index contributed by atoms with van der Waals surface area (Å²) in [5.41, 5.74) is 2.28. The van der Waals surface area contributed by atoms with Gasteiger partial charge in [-0.3, -0.25) is 9.78 Å². The summed E-state index contributed by atoms with van der Waals surface area (Å²) < 4.78 is 14.2. The van der Waals surface area contributed by atoms with E-state index in [-0.39, 0.29) is 11.7 Å². The largest absolute Gasteiger partial charge is 0.390 e. The highest BCUT2D eigenvalue weighted by Gasteiger charge is 2.52. The molecule has 162 valence electrons. The molecule has 2 aliphatic rings. The third-order valence-corrected chi connectivity index (χ3v) is 6.84. The standard InChI is InChI=1S/C26H24FN3O2/c1-25(32)11-13-30(14-12-25)24(31)21-16-29-22-8-7-19(27)15-20(22)23(21)17-3-5-18(6-4-17)26(28-2)9-10-26/h3-8,15-16,32H,9-14H2,1H3. The molecular weight excluding hydrogens is 405 g/mol. The summed E-state index contributed by atoms with van der Waals surface area (Å²) in [4.78, 5) is 23.4. The smallest absolute Gasteiger partial charge is 0.258 e. The number of carbonyl (C=O) groups excluding carboxylic acids is 1. The molecule has 0 unspecified atom stereocenters. The lowest BCUT2D eigenvalue weighted by molar-refractivity contribution is -0.00200. The van der Waals surface area contributed by atoms with Gasteiger partial charge in [0.15, 0.2) is 0 Å². The molecule has 6 heteroatoms. The molecule has 1 N–H and O–H groups in total. The van der Waals surface area contributed by atoms with Gasteiger partial charge in [0.05, 0.1) is 16.7 Å². The van der Waals surface area contributed by atoms with Crippen molar-refractivity contribution in [2.45, 2.75) is 43.7 Å². The molecule has 1 amide bonds. The van der Waals surface area contributed by atoms with E-state index in [0.29, 0.717) is 48.0 Å². The van der Waals surface area contributed by atoms with Crippen LogP contribution in [0.15, 0.2) is 48.7 Å². The van der Waals surface area contributed by atoms with Crippen molar-refractivity contribution in [1.82, 2.24) is 9.88 Å². The highest BCUT2D eigenvalue weighted by Crippen LogP contribution is 2.50. The average molecular weight is 429 g/mol. The lowest BCUT2D eigenvalue weighted by Crippen LogP contribution is -2.45. The van der Waals surface area contributed by atoms with E-state index in [1.165, 1.54) is 12.1 Å². The molecule has 1 aromatic heterocycles. The molecule has 0 radical (unpaired) electrons. The van der Waals surface area contributed by atoms with Crippen molar-refractivity contribution in [2.75, 3.05) is 13.1 Å². The van der Waals surface area contributed by atoms with Crippen molar-refractivity contribution < 1.29 is 14.3 Å². The predicted octanol–water partition coefficient (Wildman–Crippen LogP) is 4.94. The maximum atomic E-state index is 14.2. The number of hydrogen-bond acceptors (Lipinski definition) is 3. The van der Waals surface area contributed by atoms with Crippen LogP contribution in [0.2, 0.25) is 0 Å². The van der Waals surface area contributed by atoms with Crippen LogP contribution in [0.5, 0.6) is 0 Å². The third kappa shape index (κ3) is 3.53. The van der Waals surface area contributed by atoms with Crippen LogP contribution in [0.4, 0.5) is 4.39 Å². The molecule has 2 fully saturated rings. The zero-order valence-electron chi connectivity index (χ0n) is 17.9. The minimum absolute atomic E-state index is 0.168. The Labute approximate surface area is 186 Å². The van der Waals surface area contributed by atoms with E-state index in [4.69, 9.17) is 6.57 Å². The summed E-state index contributed by atoms with van der Waals surface area (Å²) in [7, 11) is 0. The Balaban J connectivity index is 1.61. The third-order valence-electron chi connectivity index (χ3n) is 6.84. The topological polar surface area (TPSA) is 57.8 Å². The molecule has 5 nitrogen and oxygen atoms in total. The fraction of sp³-hybridized carbons (Fsp3) is 0.346. The second-order valence-electron chi connectivity index (χ2n) is 9.22. The van der Waals surface area contributed by atoms with Gasteiger partial charge in [-0.05, 0) is 43.5 Å². The van der Waals surface area contributed by atoms with Gasteiger partial charge in [-0.25, -0.2) is 11.0 Å². The number of carbonyl (C=O) groups is 1. The second kappa shape index (κ2) is 7.39. The van der Waals surface area contributed by atoms with E-state index in [1.807, 2.05) is 24.3 Å². The fourth-order valence-electron chi connectivity index (χ4n) is 4.53. The number of hydrogen-bond donors (Lipinski definition) is 1. The van der Waals surface area contributed by atoms with Crippen molar-refractivity contribution in [2.24, 2.45) is 0 Å². The molecule has 1 aliphatic heterocycles. The fourth-order valence-corrected chi connectivity index (χ4v) is 4.53. The minimum Gasteiger partial charge on any atom is -0.390 e. The van der Waals surface area contributed by atoms with E-state index in [0.717, 1.165) is 24.0 Å². The van der Waals surface area contributed by atoms with Gasteiger partial charge in [0.25, 0.3) is 11.4 Å². The van der Waals surface area contributed by atoms with Crippen LogP contribution < -0.4 is 0 Å². The Morgan fingerprint density at radius 1 is 1.12 bits per heavy atom. The van der Waals surface area contributed by atoms with Crippen LogP contribution >= 0.6 is 0 Å². The Bertz CT molecular complexity index is 1250. The first-order valence-corrected chi connectivity index (χ1v) is 10.9. The summed E-state index contributed by atoms with van der Waals surface area (Å²) in [6.07, 6.45) is 4.32. The Hall–Kier alpha value is -3.30. The molecule has 0 atom stereocenters. The van der Waals surface area contributed by atoms with Gasteiger partial charge in [-0.1, -0.05) is 24.3 Å². The van der Waals surface area contributed by atoms with Gasteiger partial charge in [0, 0.05) is 48.6 Å². The van der Waals surface area contributed by atoms with Gasteiger partial charge < -0.3 is 14.9 Å². The molecular formula is C26H24FN3O2. The van der Waals surface area contributed by atoms with Crippen molar-refractivity contribution >= 4 is 16.8 Å². The highest BCUT2D eigenvalue weighted by atomic mass is 19.1. The molecule has 1 aliphatic carbocycles. The van der Waals surface area contributed by atoms with Crippen LogP contribution in [-0.2, 0) is 5.54 Å². The first-order valence-electron chi connectivity index (χ1n) is 10.9. The summed E-state index contributed by atoms with van der Waals surface area (Å²) in [5, 5.41) is 10.8. The van der Waals surface area contributed by atoms with Gasteiger partial charge in [0.1, 0.15) is 5.82 Å². The van der Waals surface area contributed by atoms with Crippen LogP contribution in [-0.4, -0.2) is 39.6 Å². The molecule has 0 bridgehead atoms. The van der Waals surface area contributed by atoms with E-state index >= 15 is 0 Å². The Morgan fingerprint density at radius 3 is 2.44 bits per heavy atom. The lowest BCUT2D eigenvalue weighted by atomic mass is 9.91. The molecule has 1 saturated carbocycles. The second-order valence-corrected chi connectivity index (χ2v) is 9.22. The molecule has 2 heterocycles. The average Bonchev–Trinajstić information content (AvgIpc) is 3.59. The Morgan fingerprint density at radius 2 is 1.81 bits per heavy atom. The lowest BCUT2D eigenvalue weighted by Gasteiger charge is -2.36. The number of fused-ring (bicyclic) bond motifs is 1. The van der Waals surface area contributed by atoms with Crippen LogP contribution in [0.25, 0.3) is 26.9 Å². The number of nitrogens with zero attached hydrogens (tertiary/aromatic N) is 3. The molecule has 3 aromatic rings. The first kappa shape index (κ1) is 20.6. The number of aromatic nitrogens is 1. The molecule has 0 spiro atoms. The van der Waals surface area contributed by atoms with E-state index in [2.05, 4.69) is 9.83 Å². The van der Waals surface area contributed by atoms with Gasteiger partial charge in [-0.2, -0.15) is 0 Å². The number of amides is 1. The van der Waals surface area contributed by atoms with Gasteiger partial charge >= 0.3 is 0 Å². The Kier molecular flexibility index (Phi) is 4.75. The zero-order valence-corrected chi connectivity index (χ0v) is 17.9. The monoisotopic (exact) mass is 429 g/mol. The van der Waals surface area contributed by atoms with Crippen molar-refractivity contribution in [1.29, 1.82) is 0 Å². The summed E-state index contributed by atoms with van der Waals surface area (Å²) in [6, 6.07) is 12.1. The maximum absolute atomic E-state index is 14.2. The van der Waals surface area contributed by atoms with E-state index < -0.39 is 11.1 Å². The zero-order chi connectivity index (χ0) is 22.5. The van der Waals surface area contributed by atoms with Crippen molar-refractivity contribution in [3.8, 4) is 11.1 Å². The number of pyridine rings is 1. The SMILES string of the molecule is [C-]#[N+]C1(c2ccc(-c3c(C(=O)N4CCC(C)(O)CC4)cnc4ccc(F)cc34)cc2)CC1. The van der Waals surface area contributed by atoms with Gasteiger partial charge in [-0.15, -0.1) is 0 Å². The van der Waals surface area contributed by atoms with Gasteiger partial charge in [0.2, 0.25) is 0 Å². The molecule has 5 rings (SSSR count). The van der Waals surface area contributed by atoms with Crippen LogP contribution in [0.1, 0.15) is 48.5 Å². The van der Waals surface area contributed by atoms with E-state index in [1.54, 1.807) is 24.1 Å². The molecule has 2 aromatic carbocycles. The minimum atomic E-state index is -0.762. The number of likely N-dealkylation sites (tertiary alicyclic amines) is 1. The van der Waals surface area contributed by atoms with Crippen LogP contribution in [0, 0.1) is 12.4 Å². The molecule has 32 heavy (non-hydrogen) atoms. The summed E-state index contributed by atoms with van der Waals surface area (Å²) in [6.45, 7) is 10.2. The first-order chi connectivity index (χ1) is 15.3. The molecule has 1 saturated heterocycles. The van der Waals surface area contributed by atoms with Crippen LogP contribution in [0.3, 0.4) is 0 Å². The number of rotatable bonds is 3. The summed E-state index contributed by atoms with van der Waals surface area (Å²) >= 11 is 0. The van der Waals surface area contributed by atoms with E-state index in [9.17, 15) is 14.3 Å². The highest BCUT2D eigenvalue weighted by molar-refractivity contribution is 6.08. The van der Waals surface area contributed by atoms with Crippen molar-refractivity contribution in [3.05, 3.63) is 77.0 Å². The predicted molar refractivity (Wildman–Crippen MR) is 120 cm³/mol.